The number of anilines is 3. The molecule has 4 aromatic rings. The van der Waals surface area contributed by atoms with Gasteiger partial charge in [0, 0.05) is 11.4 Å². The molecule has 0 radical (unpaired) electrons. The van der Waals surface area contributed by atoms with Crippen LogP contribution in [-0.4, -0.2) is 29.3 Å². The molecule has 0 unspecified atom stereocenters. The molecule has 2 N–H and O–H groups in total. The molecule has 0 aromatic heterocycles. The van der Waals surface area contributed by atoms with E-state index in [1.807, 2.05) is 13.0 Å². The molecule has 41 heavy (non-hydrogen) atoms. The van der Waals surface area contributed by atoms with E-state index in [0.29, 0.717) is 16.1 Å². The second kappa shape index (κ2) is 11.6. The van der Waals surface area contributed by atoms with Crippen LogP contribution in [0.25, 0.3) is 0 Å². The molecule has 0 aliphatic rings. The summed E-state index contributed by atoms with van der Waals surface area (Å²) in [6.45, 7) is 0.960. The maximum Gasteiger partial charge on any atom is 0.416 e. The van der Waals surface area contributed by atoms with E-state index in [4.69, 9.17) is 0 Å². The quantitative estimate of drug-likeness (QED) is 0.257. The van der Waals surface area contributed by atoms with Crippen molar-refractivity contribution >= 4 is 43.0 Å². The minimum Gasteiger partial charge on any atom is -0.325 e. The van der Waals surface area contributed by atoms with E-state index >= 15 is 0 Å². The number of nitrogens with zero attached hydrogens (tertiary/aromatic N) is 1. The van der Waals surface area contributed by atoms with E-state index in [-0.39, 0.29) is 21.2 Å². The lowest BCUT2D eigenvalue weighted by atomic mass is 10.2. The van der Waals surface area contributed by atoms with Crippen molar-refractivity contribution in [2.24, 2.45) is 0 Å². The van der Waals surface area contributed by atoms with E-state index in [1.54, 1.807) is 24.3 Å². The van der Waals surface area contributed by atoms with E-state index in [2.05, 4.69) is 10.0 Å². The highest BCUT2D eigenvalue weighted by atomic mass is 32.2. The zero-order valence-electron chi connectivity index (χ0n) is 21.5. The van der Waals surface area contributed by atoms with Crippen LogP contribution < -0.4 is 14.3 Å². The van der Waals surface area contributed by atoms with Crippen molar-refractivity contribution in [1.29, 1.82) is 0 Å². The highest BCUT2D eigenvalue weighted by Gasteiger charge is 2.33. The van der Waals surface area contributed by atoms with E-state index in [9.17, 15) is 34.8 Å². The topological polar surface area (TPSA) is 113 Å². The zero-order chi connectivity index (χ0) is 29.8. The maximum absolute atomic E-state index is 13.4. The van der Waals surface area contributed by atoms with Crippen molar-refractivity contribution in [3.8, 4) is 0 Å². The van der Waals surface area contributed by atoms with Gasteiger partial charge in [-0.15, -0.1) is 0 Å². The Morgan fingerprint density at radius 3 is 2.05 bits per heavy atom. The fraction of sp³-hybridized carbons (Fsp3) is 0.107. The molecule has 0 aliphatic heterocycles. The Hall–Kier alpha value is -4.36. The van der Waals surface area contributed by atoms with Crippen LogP contribution >= 0.6 is 0 Å². The molecule has 0 fully saturated rings. The van der Waals surface area contributed by atoms with Gasteiger partial charge >= 0.3 is 6.18 Å². The van der Waals surface area contributed by atoms with Gasteiger partial charge in [-0.25, -0.2) is 16.8 Å². The second-order valence-electron chi connectivity index (χ2n) is 8.92. The van der Waals surface area contributed by atoms with Gasteiger partial charge in [0.2, 0.25) is 5.91 Å². The molecule has 0 saturated heterocycles. The van der Waals surface area contributed by atoms with Gasteiger partial charge in [-0.2, -0.15) is 13.2 Å². The van der Waals surface area contributed by atoms with Gasteiger partial charge in [-0.3, -0.25) is 13.8 Å². The number of benzene rings is 4. The summed E-state index contributed by atoms with van der Waals surface area (Å²) in [4.78, 5) is 12.6. The summed E-state index contributed by atoms with van der Waals surface area (Å²) in [5, 5.41) is 2.46. The fourth-order valence-electron chi connectivity index (χ4n) is 3.84. The Bertz CT molecular complexity index is 1760. The number of carbonyl (C=O) groups excluding carboxylic acids is 1. The monoisotopic (exact) mass is 603 g/mol. The van der Waals surface area contributed by atoms with Gasteiger partial charge in [-0.05, 0) is 79.2 Å². The molecule has 0 bridgehead atoms. The van der Waals surface area contributed by atoms with Crippen molar-refractivity contribution in [2.75, 3.05) is 20.9 Å². The van der Waals surface area contributed by atoms with Crippen molar-refractivity contribution in [3.63, 3.8) is 0 Å². The molecular weight excluding hydrogens is 579 g/mol. The minimum absolute atomic E-state index is 0.0887. The largest absolute Gasteiger partial charge is 0.416 e. The van der Waals surface area contributed by atoms with Gasteiger partial charge in [0.05, 0.1) is 21.0 Å². The number of hydrogen-bond acceptors (Lipinski definition) is 5. The number of carbonyl (C=O) groups is 1. The van der Waals surface area contributed by atoms with Crippen LogP contribution in [0.4, 0.5) is 30.2 Å². The summed E-state index contributed by atoms with van der Waals surface area (Å²) in [5.74, 6) is -0.865. The molecule has 4 aromatic carbocycles. The lowest BCUT2D eigenvalue weighted by Gasteiger charge is -2.25. The van der Waals surface area contributed by atoms with Gasteiger partial charge in [0.1, 0.15) is 6.54 Å². The fourth-order valence-corrected chi connectivity index (χ4v) is 6.33. The van der Waals surface area contributed by atoms with Crippen molar-refractivity contribution in [3.05, 3.63) is 114 Å². The predicted molar refractivity (Wildman–Crippen MR) is 149 cm³/mol. The molecule has 1 amide bonds. The van der Waals surface area contributed by atoms with Gasteiger partial charge in [-0.1, -0.05) is 36.4 Å². The molecule has 0 atom stereocenters. The molecule has 0 saturated carbocycles. The average Bonchev–Trinajstić information content (AvgIpc) is 2.92. The summed E-state index contributed by atoms with van der Waals surface area (Å²) in [6.07, 6.45) is -4.74. The summed E-state index contributed by atoms with van der Waals surface area (Å²) in [6, 6.07) is 22.5. The van der Waals surface area contributed by atoms with Gasteiger partial charge < -0.3 is 5.32 Å². The molecule has 4 rings (SSSR count). The molecule has 214 valence electrons. The predicted octanol–water partition coefficient (Wildman–Crippen LogP) is 5.65. The Kier molecular flexibility index (Phi) is 8.40. The van der Waals surface area contributed by atoms with Crippen LogP contribution in [0.1, 0.15) is 11.1 Å². The normalized spacial score (nSPS) is 12.0. The van der Waals surface area contributed by atoms with E-state index < -0.39 is 44.2 Å². The Morgan fingerprint density at radius 2 is 1.41 bits per heavy atom. The molecule has 0 spiro atoms. The third-order valence-corrected chi connectivity index (χ3v) is 8.98. The number of halogens is 3. The molecule has 0 aliphatic carbocycles. The first kappa shape index (κ1) is 29.6. The van der Waals surface area contributed by atoms with Crippen molar-refractivity contribution in [2.45, 2.75) is 22.9 Å². The molecule has 13 heteroatoms. The molecular formula is C28H24F3N3O5S2. The SMILES string of the molecule is Cc1cccc(NS(=O)(=O)c2ccc(NC(=O)CN(c3cccc(C(F)(F)F)c3)S(=O)(=O)c3ccccc3)cc2)c1. The summed E-state index contributed by atoms with van der Waals surface area (Å²) < 4.78 is 95.4. The third kappa shape index (κ3) is 7.24. The number of amides is 1. The lowest BCUT2D eigenvalue weighted by Crippen LogP contribution is -2.38. The van der Waals surface area contributed by atoms with Crippen LogP contribution in [-0.2, 0) is 31.0 Å². The van der Waals surface area contributed by atoms with Gasteiger partial charge in [0.15, 0.2) is 0 Å². The number of aryl methyl sites for hydroxylation is 1. The number of rotatable bonds is 9. The summed E-state index contributed by atoms with van der Waals surface area (Å²) in [7, 11) is -8.38. The summed E-state index contributed by atoms with van der Waals surface area (Å²) in [5.41, 5.74) is -0.0683. The van der Waals surface area contributed by atoms with Crippen LogP contribution in [0, 0.1) is 6.92 Å². The number of nitrogens with one attached hydrogen (secondary N) is 2. The van der Waals surface area contributed by atoms with Crippen LogP contribution in [0.5, 0.6) is 0 Å². The summed E-state index contributed by atoms with van der Waals surface area (Å²) >= 11 is 0. The minimum atomic E-state index is -4.74. The highest BCUT2D eigenvalue weighted by Crippen LogP contribution is 2.33. The number of alkyl halides is 3. The second-order valence-corrected chi connectivity index (χ2v) is 12.5. The van der Waals surface area contributed by atoms with Gasteiger partial charge in [0.25, 0.3) is 20.0 Å². The number of sulfonamides is 2. The molecule has 8 nitrogen and oxygen atoms in total. The van der Waals surface area contributed by atoms with Crippen LogP contribution in [0.3, 0.4) is 0 Å². The first-order chi connectivity index (χ1) is 19.3. The van der Waals surface area contributed by atoms with E-state index in [0.717, 1.165) is 23.8 Å². The highest BCUT2D eigenvalue weighted by molar-refractivity contribution is 7.93. The Labute approximate surface area is 235 Å². The zero-order valence-corrected chi connectivity index (χ0v) is 23.1. The Morgan fingerprint density at radius 1 is 0.756 bits per heavy atom. The standard InChI is InChI=1S/C28H24F3N3O5S2/c1-20-7-5-9-23(17-20)33-40(36,37)25-15-13-22(14-16-25)32-27(35)19-34(41(38,39)26-11-3-2-4-12-26)24-10-6-8-21(18-24)28(29,30)31/h2-18,33H,19H2,1H3,(H,32,35). The first-order valence-electron chi connectivity index (χ1n) is 12.0. The third-order valence-electron chi connectivity index (χ3n) is 5.80. The molecule has 0 heterocycles. The van der Waals surface area contributed by atoms with E-state index in [1.165, 1.54) is 48.5 Å². The number of hydrogen-bond donors (Lipinski definition) is 2. The van der Waals surface area contributed by atoms with Crippen LogP contribution in [0.15, 0.2) is 113 Å². The van der Waals surface area contributed by atoms with Crippen molar-refractivity contribution < 1.29 is 34.8 Å². The Balaban J connectivity index is 1.57. The average molecular weight is 604 g/mol. The first-order valence-corrected chi connectivity index (χ1v) is 14.9. The smallest absolute Gasteiger partial charge is 0.325 e. The van der Waals surface area contributed by atoms with Crippen molar-refractivity contribution in [1.82, 2.24) is 0 Å². The lowest BCUT2D eigenvalue weighted by molar-refractivity contribution is -0.137. The maximum atomic E-state index is 13.4. The van der Waals surface area contributed by atoms with Crippen LogP contribution in [0.2, 0.25) is 0 Å².